The van der Waals surface area contributed by atoms with E-state index in [0.29, 0.717) is 12.0 Å². The van der Waals surface area contributed by atoms with E-state index in [-0.39, 0.29) is 0 Å². The molecule has 1 aromatic carbocycles. The maximum Gasteiger partial charge on any atom is 0.118 e. The van der Waals surface area contributed by atoms with Crippen LogP contribution in [0.4, 0.5) is 0 Å². The Morgan fingerprint density at radius 1 is 1.17 bits per heavy atom. The maximum absolute atomic E-state index is 5.76. The van der Waals surface area contributed by atoms with E-state index < -0.39 is 0 Å². The molecule has 1 aliphatic rings. The molecule has 24 heavy (non-hydrogen) atoms. The second kappa shape index (κ2) is 7.81. The van der Waals surface area contributed by atoms with Crippen molar-refractivity contribution < 1.29 is 9.47 Å². The van der Waals surface area contributed by atoms with E-state index in [2.05, 4.69) is 28.3 Å². The van der Waals surface area contributed by atoms with Gasteiger partial charge in [0, 0.05) is 51.5 Å². The highest BCUT2D eigenvalue weighted by atomic mass is 16.5. The van der Waals surface area contributed by atoms with Gasteiger partial charge in [0.1, 0.15) is 5.75 Å². The normalized spacial score (nSPS) is 21.8. The van der Waals surface area contributed by atoms with Crippen LogP contribution in [0.2, 0.25) is 0 Å². The lowest BCUT2D eigenvalue weighted by atomic mass is 9.88. The lowest BCUT2D eigenvalue weighted by Crippen LogP contribution is -2.44. The number of likely N-dealkylation sites (tertiary alicyclic amines) is 1. The summed E-state index contributed by atoms with van der Waals surface area (Å²) in [5.41, 5.74) is 2.61. The Morgan fingerprint density at radius 3 is 2.58 bits per heavy atom. The summed E-state index contributed by atoms with van der Waals surface area (Å²) in [6, 6.07) is 8.39. The van der Waals surface area contributed by atoms with Gasteiger partial charge in [0.15, 0.2) is 0 Å². The van der Waals surface area contributed by atoms with E-state index in [4.69, 9.17) is 9.47 Å². The molecule has 1 fully saturated rings. The first-order valence-corrected chi connectivity index (χ1v) is 8.53. The van der Waals surface area contributed by atoms with Crippen molar-refractivity contribution in [1.82, 2.24) is 14.7 Å². The first kappa shape index (κ1) is 17.0. The van der Waals surface area contributed by atoms with E-state index in [1.165, 1.54) is 11.1 Å². The summed E-state index contributed by atoms with van der Waals surface area (Å²) < 4.78 is 12.9. The van der Waals surface area contributed by atoms with Crippen LogP contribution in [-0.4, -0.2) is 48.1 Å². The zero-order chi connectivity index (χ0) is 16.9. The Balaban J connectivity index is 1.64. The highest BCUT2D eigenvalue weighted by Gasteiger charge is 2.29. The molecule has 0 radical (unpaired) electrons. The van der Waals surface area contributed by atoms with Gasteiger partial charge in [0.2, 0.25) is 0 Å². The predicted octanol–water partition coefficient (Wildman–Crippen LogP) is 2.51. The monoisotopic (exact) mass is 329 g/mol. The molecule has 0 N–H and O–H groups in total. The molecule has 0 unspecified atom stereocenters. The Labute approximate surface area is 144 Å². The molecule has 2 aromatic rings. The van der Waals surface area contributed by atoms with Gasteiger partial charge in [0.05, 0.1) is 19.4 Å². The third-order valence-corrected chi connectivity index (χ3v) is 4.87. The van der Waals surface area contributed by atoms with Gasteiger partial charge in [-0.15, -0.1) is 0 Å². The predicted molar refractivity (Wildman–Crippen MR) is 94.1 cm³/mol. The van der Waals surface area contributed by atoms with Crippen molar-refractivity contribution in [1.29, 1.82) is 0 Å². The van der Waals surface area contributed by atoms with Crippen LogP contribution in [0.25, 0.3) is 0 Å². The van der Waals surface area contributed by atoms with Gasteiger partial charge >= 0.3 is 0 Å². The van der Waals surface area contributed by atoms with E-state index in [9.17, 15) is 0 Å². The Morgan fingerprint density at radius 2 is 1.96 bits per heavy atom. The lowest BCUT2D eigenvalue weighted by Gasteiger charge is -2.38. The molecular weight excluding hydrogens is 302 g/mol. The number of aryl methyl sites for hydroxylation is 1. The SMILES string of the molecule is COc1ccc(C[C@@H]2CN(Cc3cnn(C)c3)CC[C@H]2OC)cc1. The first-order valence-electron chi connectivity index (χ1n) is 8.53. The number of benzene rings is 1. The molecule has 0 saturated carbocycles. The fourth-order valence-electron chi connectivity index (χ4n) is 3.61. The van der Waals surface area contributed by atoms with Crippen LogP contribution in [0.1, 0.15) is 17.5 Å². The second-order valence-electron chi connectivity index (χ2n) is 6.63. The van der Waals surface area contributed by atoms with Gasteiger partial charge in [-0.05, 0) is 30.5 Å². The van der Waals surface area contributed by atoms with Crippen molar-refractivity contribution in [3.8, 4) is 5.75 Å². The molecule has 5 nitrogen and oxygen atoms in total. The molecule has 5 heteroatoms. The van der Waals surface area contributed by atoms with Gasteiger partial charge in [-0.3, -0.25) is 9.58 Å². The summed E-state index contributed by atoms with van der Waals surface area (Å²) in [4.78, 5) is 2.51. The Bertz CT molecular complexity index is 638. The summed E-state index contributed by atoms with van der Waals surface area (Å²) in [5.74, 6) is 1.41. The summed E-state index contributed by atoms with van der Waals surface area (Å²) in [5, 5.41) is 4.27. The van der Waals surface area contributed by atoms with Gasteiger partial charge in [-0.25, -0.2) is 0 Å². The fraction of sp³-hybridized carbons (Fsp3) is 0.526. The van der Waals surface area contributed by atoms with E-state index in [0.717, 1.165) is 38.2 Å². The molecule has 0 spiro atoms. The zero-order valence-electron chi connectivity index (χ0n) is 14.8. The van der Waals surface area contributed by atoms with Crippen molar-refractivity contribution in [2.45, 2.75) is 25.5 Å². The number of rotatable bonds is 6. The van der Waals surface area contributed by atoms with E-state index in [1.54, 1.807) is 7.11 Å². The largest absolute Gasteiger partial charge is 0.497 e. The van der Waals surface area contributed by atoms with Crippen LogP contribution in [0.5, 0.6) is 5.75 Å². The van der Waals surface area contributed by atoms with Crippen LogP contribution >= 0.6 is 0 Å². The molecule has 1 aromatic heterocycles. The van der Waals surface area contributed by atoms with Crippen LogP contribution in [0.3, 0.4) is 0 Å². The minimum atomic E-state index is 0.331. The summed E-state index contributed by atoms with van der Waals surface area (Å²) >= 11 is 0. The Hall–Kier alpha value is -1.85. The van der Waals surface area contributed by atoms with Gasteiger partial charge < -0.3 is 9.47 Å². The first-order chi connectivity index (χ1) is 11.7. The van der Waals surface area contributed by atoms with Crippen LogP contribution < -0.4 is 4.74 Å². The molecule has 2 atom stereocenters. The summed E-state index contributed by atoms with van der Waals surface area (Å²) in [6.45, 7) is 3.09. The number of hydrogen-bond acceptors (Lipinski definition) is 4. The summed E-state index contributed by atoms with van der Waals surface area (Å²) in [7, 11) is 5.50. The maximum atomic E-state index is 5.76. The quantitative estimate of drug-likeness (QED) is 0.816. The van der Waals surface area contributed by atoms with Crippen molar-refractivity contribution in [2.24, 2.45) is 13.0 Å². The van der Waals surface area contributed by atoms with Crippen LogP contribution in [0.15, 0.2) is 36.7 Å². The number of piperidine rings is 1. The molecule has 3 rings (SSSR count). The van der Waals surface area contributed by atoms with Gasteiger partial charge in [-0.1, -0.05) is 12.1 Å². The number of ether oxygens (including phenoxy) is 2. The molecule has 2 heterocycles. The van der Waals surface area contributed by atoms with Crippen molar-refractivity contribution in [2.75, 3.05) is 27.3 Å². The van der Waals surface area contributed by atoms with Crippen molar-refractivity contribution in [3.63, 3.8) is 0 Å². The summed E-state index contributed by atoms with van der Waals surface area (Å²) in [6.07, 6.45) is 6.50. The highest BCUT2D eigenvalue weighted by molar-refractivity contribution is 5.27. The molecule has 0 bridgehead atoms. The third kappa shape index (κ3) is 4.16. The van der Waals surface area contributed by atoms with Gasteiger partial charge in [-0.2, -0.15) is 5.10 Å². The standard InChI is InChI=1S/C19H27N3O2/c1-21-12-16(11-20-21)13-22-9-8-19(24-3)17(14-22)10-15-4-6-18(23-2)7-5-15/h4-7,11-12,17,19H,8-10,13-14H2,1-3H3/t17-,19-/m1/s1. The van der Waals surface area contributed by atoms with Gasteiger partial charge in [0.25, 0.3) is 0 Å². The molecule has 130 valence electrons. The highest BCUT2D eigenvalue weighted by Crippen LogP contribution is 2.25. The fourth-order valence-corrected chi connectivity index (χ4v) is 3.61. The number of methoxy groups -OCH3 is 2. The molecule has 1 aliphatic heterocycles. The number of nitrogens with zero attached hydrogens (tertiary/aromatic N) is 3. The number of hydrogen-bond donors (Lipinski definition) is 0. The minimum Gasteiger partial charge on any atom is -0.497 e. The third-order valence-electron chi connectivity index (χ3n) is 4.87. The molecule has 0 aliphatic carbocycles. The minimum absolute atomic E-state index is 0.331. The van der Waals surface area contributed by atoms with E-state index in [1.807, 2.05) is 37.2 Å². The average molecular weight is 329 g/mol. The molecular formula is C19H27N3O2. The number of aromatic nitrogens is 2. The van der Waals surface area contributed by atoms with Crippen molar-refractivity contribution >= 4 is 0 Å². The van der Waals surface area contributed by atoms with Crippen molar-refractivity contribution in [3.05, 3.63) is 47.8 Å². The van der Waals surface area contributed by atoms with Crippen LogP contribution in [0, 0.1) is 5.92 Å². The Kier molecular flexibility index (Phi) is 5.53. The second-order valence-corrected chi connectivity index (χ2v) is 6.63. The molecule has 1 saturated heterocycles. The smallest absolute Gasteiger partial charge is 0.118 e. The lowest BCUT2D eigenvalue weighted by molar-refractivity contribution is -0.00849. The van der Waals surface area contributed by atoms with Crippen LogP contribution in [-0.2, 0) is 24.8 Å². The topological polar surface area (TPSA) is 39.5 Å². The average Bonchev–Trinajstić information content (AvgIpc) is 3.01. The zero-order valence-corrected chi connectivity index (χ0v) is 14.8. The molecule has 0 amide bonds. The van der Waals surface area contributed by atoms with E-state index >= 15 is 0 Å².